The molecule has 6 nitrogen and oxygen atoms in total. The number of carbonyl (C=O) groups is 2. The Labute approximate surface area is 189 Å². The van der Waals surface area contributed by atoms with Crippen molar-refractivity contribution in [3.05, 3.63) is 95.4 Å². The van der Waals surface area contributed by atoms with Gasteiger partial charge in [-0.15, -0.1) is 0 Å². The van der Waals surface area contributed by atoms with Crippen molar-refractivity contribution in [1.82, 2.24) is 15.5 Å². The highest BCUT2D eigenvalue weighted by Gasteiger charge is 2.24. The minimum absolute atomic E-state index is 0.0167. The normalized spacial score (nSPS) is 12.9. The van der Waals surface area contributed by atoms with Crippen molar-refractivity contribution in [1.29, 1.82) is 0 Å². The molecular formula is C26H31N3O3. The Morgan fingerprint density at radius 3 is 2.25 bits per heavy atom. The van der Waals surface area contributed by atoms with E-state index in [1.807, 2.05) is 44.4 Å². The van der Waals surface area contributed by atoms with Crippen LogP contribution >= 0.6 is 0 Å². The molecule has 2 atom stereocenters. The van der Waals surface area contributed by atoms with Crippen molar-refractivity contribution >= 4 is 11.8 Å². The minimum Gasteiger partial charge on any atom is -0.459 e. The lowest BCUT2D eigenvalue weighted by molar-refractivity contribution is -0.123. The van der Waals surface area contributed by atoms with E-state index < -0.39 is 11.9 Å². The van der Waals surface area contributed by atoms with Crippen molar-refractivity contribution in [2.75, 3.05) is 20.6 Å². The second kappa shape index (κ2) is 11.3. The van der Waals surface area contributed by atoms with Gasteiger partial charge >= 0.3 is 0 Å². The van der Waals surface area contributed by atoms with Crippen LogP contribution in [0.4, 0.5) is 0 Å². The molecule has 0 aliphatic rings. The zero-order valence-electron chi connectivity index (χ0n) is 18.9. The summed E-state index contributed by atoms with van der Waals surface area (Å²) in [5.74, 6) is -0.464. The van der Waals surface area contributed by atoms with Gasteiger partial charge in [0.2, 0.25) is 5.91 Å². The molecule has 6 heteroatoms. The lowest BCUT2D eigenvalue weighted by Gasteiger charge is -2.26. The van der Waals surface area contributed by atoms with Gasteiger partial charge in [-0.1, -0.05) is 61.5 Å². The average molecular weight is 434 g/mol. The van der Waals surface area contributed by atoms with Gasteiger partial charge in [0.15, 0.2) is 5.76 Å². The number of furan rings is 1. The van der Waals surface area contributed by atoms with E-state index in [2.05, 4.69) is 46.7 Å². The Morgan fingerprint density at radius 1 is 0.938 bits per heavy atom. The third-order valence-corrected chi connectivity index (χ3v) is 5.52. The Kier molecular flexibility index (Phi) is 8.22. The van der Waals surface area contributed by atoms with E-state index in [-0.39, 0.29) is 17.7 Å². The third-order valence-electron chi connectivity index (χ3n) is 5.52. The van der Waals surface area contributed by atoms with Crippen molar-refractivity contribution in [2.45, 2.75) is 31.8 Å². The lowest BCUT2D eigenvalue weighted by Crippen LogP contribution is -2.49. The summed E-state index contributed by atoms with van der Waals surface area (Å²) >= 11 is 0. The van der Waals surface area contributed by atoms with E-state index >= 15 is 0 Å². The predicted molar refractivity (Wildman–Crippen MR) is 125 cm³/mol. The smallest absolute Gasteiger partial charge is 0.287 e. The maximum atomic E-state index is 13.1. The first kappa shape index (κ1) is 23.3. The number of hydrogen-bond donors (Lipinski definition) is 2. The standard InChI is InChI=1S/C26H31N3O3/c1-4-19-12-14-21(15-13-19)23(29(2)3)18-27-25(30)22(17-20-9-6-5-7-10-20)28-26(31)24-11-8-16-32-24/h5-16,22-23H,4,17-18H2,1-3H3,(H,27,30)(H,28,31). The molecule has 3 aromatic rings. The summed E-state index contributed by atoms with van der Waals surface area (Å²) in [6, 6.07) is 20.6. The van der Waals surface area contributed by atoms with Crippen LogP contribution in [0.2, 0.25) is 0 Å². The maximum absolute atomic E-state index is 13.1. The molecule has 0 radical (unpaired) electrons. The number of carbonyl (C=O) groups excluding carboxylic acids is 2. The highest BCUT2D eigenvalue weighted by Crippen LogP contribution is 2.18. The van der Waals surface area contributed by atoms with Crippen molar-refractivity contribution in [3.63, 3.8) is 0 Å². The molecule has 1 aromatic heterocycles. The van der Waals surface area contributed by atoms with Gasteiger partial charge in [0.1, 0.15) is 6.04 Å². The Morgan fingerprint density at radius 2 is 1.66 bits per heavy atom. The summed E-state index contributed by atoms with van der Waals surface area (Å²) in [5.41, 5.74) is 3.37. The molecule has 2 amide bonds. The second-order valence-corrected chi connectivity index (χ2v) is 8.01. The Bertz CT molecular complexity index is 983. The minimum atomic E-state index is -0.722. The molecule has 32 heavy (non-hydrogen) atoms. The third kappa shape index (κ3) is 6.31. The molecule has 168 valence electrons. The second-order valence-electron chi connectivity index (χ2n) is 8.01. The van der Waals surface area contributed by atoms with E-state index in [4.69, 9.17) is 4.42 Å². The zero-order chi connectivity index (χ0) is 22.9. The summed E-state index contributed by atoms with van der Waals surface area (Å²) < 4.78 is 5.18. The maximum Gasteiger partial charge on any atom is 0.287 e. The molecule has 0 saturated heterocycles. The molecule has 2 aromatic carbocycles. The number of aryl methyl sites for hydroxylation is 1. The highest BCUT2D eigenvalue weighted by atomic mass is 16.3. The molecule has 0 aliphatic carbocycles. The molecule has 0 saturated carbocycles. The van der Waals surface area contributed by atoms with E-state index in [9.17, 15) is 9.59 Å². The van der Waals surface area contributed by atoms with Crippen LogP contribution in [-0.4, -0.2) is 43.4 Å². The zero-order valence-corrected chi connectivity index (χ0v) is 18.9. The summed E-state index contributed by atoms with van der Waals surface area (Å²) in [6.07, 6.45) is 2.81. The van der Waals surface area contributed by atoms with Gasteiger partial charge in [-0.25, -0.2) is 0 Å². The number of nitrogens with zero attached hydrogens (tertiary/aromatic N) is 1. The number of likely N-dealkylation sites (N-methyl/N-ethyl adjacent to an activating group) is 1. The van der Waals surface area contributed by atoms with Crippen LogP contribution in [-0.2, 0) is 17.6 Å². The van der Waals surface area contributed by atoms with E-state index in [0.717, 1.165) is 17.5 Å². The molecule has 0 fully saturated rings. The van der Waals surface area contributed by atoms with Gasteiger partial charge in [-0.05, 0) is 49.3 Å². The van der Waals surface area contributed by atoms with Crippen LogP contribution in [0.3, 0.4) is 0 Å². The first-order chi connectivity index (χ1) is 15.5. The Hall–Kier alpha value is -3.38. The van der Waals surface area contributed by atoms with Gasteiger partial charge in [0.25, 0.3) is 5.91 Å². The molecule has 3 rings (SSSR count). The molecular weight excluding hydrogens is 402 g/mol. The van der Waals surface area contributed by atoms with Crippen molar-refractivity contribution in [2.24, 2.45) is 0 Å². The predicted octanol–water partition coefficient (Wildman–Crippen LogP) is 3.60. The highest BCUT2D eigenvalue weighted by molar-refractivity contribution is 5.95. The lowest BCUT2D eigenvalue weighted by atomic mass is 10.0. The van der Waals surface area contributed by atoms with E-state index in [1.54, 1.807) is 12.1 Å². The van der Waals surface area contributed by atoms with Crippen LogP contribution in [0.1, 0.15) is 40.2 Å². The number of amides is 2. The average Bonchev–Trinajstić information content (AvgIpc) is 3.35. The quantitative estimate of drug-likeness (QED) is 0.512. The molecule has 0 aliphatic heterocycles. The van der Waals surface area contributed by atoms with Crippen molar-refractivity contribution in [3.8, 4) is 0 Å². The fraction of sp³-hybridized carbons (Fsp3) is 0.308. The number of nitrogens with one attached hydrogen (secondary N) is 2. The van der Waals surface area contributed by atoms with Gasteiger partial charge < -0.3 is 20.0 Å². The van der Waals surface area contributed by atoms with E-state index in [1.165, 1.54) is 11.8 Å². The fourth-order valence-electron chi connectivity index (χ4n) is 3.59. The first-order valence-corrected chi connectivity index (χ1v) is 10.9. The molecule has 2 unspecified atom stereocenters. The monoisotopic (exact) mass is 433 g/mol. The van der Waals surface area contributed by atoms with E-state index in [0.29, 0.717) is 13.0 Å². The summed E-state index contributed by atoms with van der Waals surface area (Å²) in [6.45, 7) is 2.56. The van der Waals surface area contributed by atoms with Gasteiger partial charge in [0.05, 0.1) is 12.3 Å². The van der Waals surface area contributed by atoms with Gasteiger partial charge in [-0.3, -0.25) is 9.59 Å². The van der Waals surface area contributed by atoms with Crippen LogP contribution in [0.25, 0.3) is 0 Å². The fourth-order valence-corrected chi connectivity index (χ4v) is 3.59. The molecule has 0 bridgehead atoms. The summed E-state index contributed by atoms with van der Waals surface area (Å²) in [5, 5.41) is 5.85. The topological polar surface area (TPSA) is 74.6 Å². The molecule has 2 N–H and O–H groups in total. The van der Waals surface area contributed by atoms with Crippen LogP contribution in [0.5, 0.6) is 0 Å². The molecule has 0 spiro atoms. The number of rotatable bonds is 10. The van der Waals surface area contributed by atoms with Crippen molar-refractivity contribution < 1.29 is 14.0 Å². The van der Waals surface area contributed by atoms with Crippen LogP contribution in [0.15, 0.2) is 77.4 Å². The number of benzene rings is 2. The number of hydrogen-bond acceptors (Lipinski definition) is 4. The largest absolute Gasteiger partial charge is 0.459 e. The SMILES string of the molecule is CCc1ccc(C(CNC(=O)C(Cc2ccccc2)NC(=O)c2ccco2)N(C)C)cc1. The van der Waals surface area contributed by atoms with Gasteiger partial charge in [0, 0.05) is 13.0 Å². The summed E-state index contributed by atoms with van der Waals surface area (Å²) in [4.78, 5) is 27.8. The van der Waals surface area contributed by atoms with Crippen LogP contribution < -0.4 is 10.6 Å². The first-order valence-electron chi connectivity index (χ1n) is 10.9. The van der Waals surface area contributed by atoms with Crippen LogP contribution in [0, 0.1) is 0 Å². The summed E-state index contributed by atoms with van der Waals surface area (Å²) in [7, 11) is 3.98. The van der Waals surface area contributed by atoms with Gasteiger partial charge in [-0.2, -0.15) is 0 Å². The Balaban J connectivity index is 1.71. The molecule has 1 heterocycles.